The highest BCUT2D eigenvalue weighted by molar-refractivity contribution is 7.13. The van der Waals surface area contributed by atoms with Gasteiger partial charge in [0.15, 0.2) is 5.13 Å². The van der Waals surface area contributed by atoms with Crippen LogP contribution in [0.5, 0.6) is 0 Å². The fourth-order valence-electron chi connectivity index (χ4n) is 2.16. The van der Waals surface area contributed by atoms with E-state index < -0.39 is 0 Å². The first kappa shape index (κ1) is 12.6. The fraction of sp³-hybridized carbons (Fsp3) is 0.385. The van der Waals surface area contributed by atoms with Crippen molar-refractivity contribution in [3.05, 3.63) is 33.5 Å². The van der Waals surface area contributed by atoms with E-state index >= 15 is 0 Å². The SMILES string of the molecule is Cc1csc(N2CCN(C(=O)c3ccsc3)CC2)n1. The molecule has 1 fully saturated rings. The molecule has 0 unspecified atom stereocenters. The van der Waals surface area contributed by atoms with Gasteiger partial charge in [0.1, 0.15) is 0 Å². The minimum absolute atomic E-state index is 0.149. The van der Waals surface area contributed by atoms with Crippen LogP contribution < -0.4 is 4.90 Å². The van der Waals surface area contributed by atoms with Gasteiger partial charge < -0.3 is 9.80 Å². The lowest BCUT2D eigenvalue weighted by molar-refractivity contribution is 0.0747. The van der Waals surface area contributed by atoms with Crippen molar-refractivity contribution in [3.63, 3.8) is 0 Å². The Bertz CT molecular complexity index is 556. The lowest BCUT2D eigenvalue weighted by Crippen LogP contribution is -2.48. The highest BCUT2D eigenvalue weighted by Crippen LogP contribution is 2.22. The third-order valence-corrected chi connectivity index (χ3v) is 4.91. The van der Waals surface area contributed by atoms with Gasteiger partial charge >= 0.3 is 0 Å². The van der Waals surface area contributed by atoms with Gasteiger partial charge in [-0.2, -0.15) is 11.3 Å². The summed E-state index contributed by atoms with van der Waals surface area (Å²) in [6.07, 6.45) is 0. The van der Waals surface area contributed by atoms with Crippen LogP contribution in [0, 0.1) is 6.92 Å². The van der Waals surface area contributed by atoms with Crippen molar-refractivity contribution < 1.29 is 4.79 Å². The monoisotopic (exact) mass is 293 g/mol. The average Bonchev–Trinajstić information content (AvgIpc) is 3.09. The Labute approximate surface area is 120 Å². The summed E-state index contributed by atoms with van der Waals surface area (Å²) >= 11 is 3.24. The molecule has 0 atom stereocenters. The predicted molar refractivity (Wildman–Crippen MR) is 79.3 cm³/mol. The molecule has 100 valence electrons. The number of aryl methyl sites for hydroxylation is 1. The Morgan fingerprint density at radius 1 is 1.26 bits per heavy atom. The van der Waals surface area contributed by atoms with Gasteiger partial charge in [-0.3, -0.25) is 4.79 Å². The van der Waals surface area contributed by atoms with Crippen LogP contribution in [-0.4, -0.2) is 42.0 Å². The van der Waals surface area contributed by atoms with Crippen molar-refractivity contribution in [2.24, 2.45) is 0 Å². The molecular weight excluding hydrogens is 278 g/mol. The number of rotatable bonds is 2. The van der Waals surface area contributed by atoms with E-state index in [1.54, 1.807) is 22.7 Å². The largest absolute Gasteiger partial charge is 0.345 e. The Balaban J connectivity index is 1.62. The number of piperazine rings is 1. The lowest BCUT2D eigenvalue weighted by Gasteiger charge is -2.34. The molecule has 19 heavy (non-hydrogen) atoms. The minimum atomic E-state index is 0.149. The number of hydrogen-bond acceptors (Lipinski definition) is 5. The summed E-state index contributed by atoms with van der Waals surface area (Å²) in [6, 6.07) is 1.89. The van der Waals surface area contributed by atoms with Gasteiger partial charge in [0.2, 0.25) is 0 Å². The van der Waals surface area contributed by atoms with Crippen molar-refractivity contribution in [2.75, 3.05) is 31.1 Å². The zero-order valence-electron chi connectivity index (χ0n) is 10.7. The summed E-state index contributed by atoms with van der Waals surface area (Å²) in [5.74, 6) is 0.149. The molecule has 0 radical (unpaired) electrons. The van der Waals surface area contributed by atoms with E-state index in [4.69, 9.17) is 0 Å². The van der Waals surface area contributed by atoms with E-state index in [2.05, 4.69) is 15.3 Å². The van der Waals surface area contributed by atoms with Crippen LogP contribution >= 0.6 is 22.7 Å². The molecule has 1 amide bonds. The highest BCUT2D eigenvalue weighted by Gasteiger charge is 2.23. The number of thiazole rings is 1. The lowest BCUT2D eigenvalue weighted by atomic mass is 10.2. The maximum absolute atomic E-state index is 12.2. The second-order valence-corrected chi connectivity index (χ2v) is 6.18. The van der Waals surface area contributed by atoms with Gasteiger partial charge in [-0.25, -0.2) is 4.98 Å². The summed E-state index contributed by atoms with van der Waals surface area (Å²) in [7, 11) is 0. The maximum atomic E-state index is 12.2. The smallest absolute Gasteiger partial charge is 0.254 e. The molecular formula is C13H15N3OS2. The van der Waals surface area contributed by atoms with E-state index in [0.29, 0.717) is 0 Å². The number of hydrogen-bond donors (Lipinski definition) is 0. The predicted octanol–water partition coefficient (Wildman–Crippen LogP) is 2.48. The number of amides is 1. The molecule has 2 aromatic heterocycles. The van der Waals surface area contributed by atoms with Gasteiger partial charge in [0.05, 0.1) is 11.3 Å². The molecule has 1 aliphatic heterocycles. The minimum Gasteiger partial charge on any atom is -0.345 e. The number of thiophene rings is 1. The van der Waals surface area contributed by atoms with E-state index in [0.717, 1.165) is 42.6 Å². The first-order valence-corrected chi connectivity index (χ1v) is 8.05. The van der Waals surface area contributed by atoms with Crippen molar-refractivity contribution in [1.82, 2.24) is 9.88 Å². The average molecular weight is 293 g/mol. The molecule has 3 heterocycles. The van der Waals surface area contributed by atoms with Gasteiger partial charge in [-0.15, -0.1) is 11.3 Å². The van der Waals surface area contributed by atoms with Gasteiger partial charge in [0.25, 0.3) is 5.91 Å². The third-order valence-electron chi connectivity index (χ3n) is 3.21. The quantitative estimate of drug-likeness (QED) is 0.853. The Morgan fingerprint density at radius 2 is 2.05 bits per heavy atom. The molecule has 0 bridgehead atoms. The topological polar surface area (TPSA) is 36.4 Å². The molecule has 2 aromatic rings. The molecule has 0 spiro atoms. The fourth-order valence-corrected chi connectivity index (χ4v) is 3.64. The summed E-state index contributed by atoms with van der Waals surface area (Å²) in [5.41, 5.74) is 1.88. The standard InChI is InChI=1S/C13H15N3OS2/c1-10-8-19-13(14-10)16-5-3-15(4-6-16)12(17)11-2-7-18-9-11/h2,7-9H,3-6H2,1H3. The number of nitrogens with zero attached hydrogens (tertiary/aromatic N) is 3. The normalized spacial score (nSPS) is 15.8. The molecule has 0 saturated carbocycles. The maximum Gasteiger partial charge on any atom is 0.254 e. The molecule has 0 aromatic carbocycles. The second kappa shape index (κ2) is 5.30. The summed E-state index contributed by atoms with van der Waals surface area (Å²) in [4.78, 5) is 20.9. The van der Waals surface area contributed by atoms with Crippen LogP contribution in [-0.2, 0) is 0 Å². The van der Waals surface area contributed by atoms with Crippen molar-refractivity contribution >= 4 is 33.7 Å². The second-order valence-electron chi connectivity index (χ2n) is 4.56. The van der Waals surface area contributed by atoms with Gasteiger partial charge in [-0.1, -0.05) is 0 Å². The molecule has 0 N–H and O–H groups in total. The summed E-state index contributed by atoms with van der Waals surface area (Å²) in [5, 5.41) is 7.00. The summed E-state index contributed by atoms with van der Waals surface area (Å²) < 4.78 is 0. The van der Waals surface area contributed by atoms with Crippen molar-refractivity contribution in [3.8, 4) is 0 Å². The number of aromatic nitrogens is 1. The Kier molecular flexibility index (Phi) is 3.52. The zero-order chi connectivity index (χ0) is 13.2. The van der Waals surface area contributed by atoms with Crippen LogP contribution in [0.3, 0.4) is 0 Å². The first-order chi connectivity index (χ1) is 9.24. The van der Waals surface area contributed by atoms with Crippen LogP contribution in [0.2, 0.25) is 0 Å². The number of carbonyl (C=O) groups is 1. The zero-order valence-corrected chi connectivity index (χ0v) is 12.3. The van der Waals surface area contributed by atoms with Gasteiger partial charge in [0, 0.05) is 36.9 Å². The Morgan fingerprint density at radius 3 is 2.63 bits per heavy atom. The molecule has 0 aliphatic carbocycles. The van der Waals surface area contributed by atoms with Crippen LogP contribution in [0.15, 0.2) is 22.2 Å². The highest BCUT2D eigenvalue weighted by atomic mass is 32.1. The third kappa shape index (κ3) is 2.64. The number of anilines is 1. The van der Waals surface area contributed by atoms with E-state index in [1.165, 1.54) is 0 Å². The van der Waals surface area contributed by atoms with Crippen LogP contribution in [0.1, 0.15) is 16.1 Å². The summed E-state index contributed by atoms with van der Waals surface area (Å²) in [6.45, 7) is 5.28. The van der Waals surface area contributed by atoms with Crippen molar-refractivity contribution in [1.29, 1.82) is 0 Å². The first-order valence-electron chi connectivity index (χ1n) is 6.22. The van der Waals surface area contributed by atoms with Crippen molar-refractivity contribution in [2.45, 2.75) is 6.92 Å². The molecule has 3 rings (SSSR count). The van der Waals surface area contributed by atoms with Crippen LogP contribution in [0.4, 0.5) is 5.13 Å². The van der Waals surface area contributed by atoms with E-state index in [9.17, 15) is 4.79 Å². The van der Waals surface area contributed by atoms with E-state index in [-0.39, 0.29) is 5.91 Å². The molecule has 1 aliphatic rings. The Hall–Kier alpha value is -1.40. The molecule has 4 nitrogen and oxygen atoms in total. The van der Waals surface area contributed by atoms with Crippen LogP contribution in [0.25, 0.3) is 0 Å². The van der Waals surface area contributed by atoms with E-state index in [1.807, 2.05) is 28.7 Å². The van der Waals surface area contributed by atoms with Gasteiger partial charge in [-0.05, 0) is 18.4 Å². The molecule has 6 heteroatoms. The number of carbonyl (C=O) groups excluding carboxylic acids is 1. The molecule has 1 saturated heterocycles.